The number of anilines is 1. The molecule has 0 saturated carbocycles. The van der Waals surface area contributed by atoms with Crippen LogP contribution in [0, 0.1) is 12.8 Å². The number of nitrogens with one attached hydrogen (secondary N) is 1. The first-order valence-electron chi connectivity index (χ1n) is 8.08. The van der Waals surface area contributed by atoms with Crippen LogP contribution in [0.4, 0.5) is 5.69 Å². The van der Waals surface area contributed by atoms with Gasteiger partial charge in [0.2, 0.25) is 0 Å². The zero-order valence-electron chi connectivity index (χ0n) is 13.7. The van der Waals surface area contributed by atoms with Gasteiger partial charge < -0.3 is 10.2 Å². The minimum atomic E-state index is 0.530. The van der Waals surface area contributed by atoms with Gasteiger partial charge in [0.05, 0.1) is 0 Å². The molecule has 1 saturated heterocycles. The highest BCUT2D eigenvalue weighted by molar-refractivity contribution is 5.56. The zero-order chi connectivity index (χ0) is 14.7. The molecule has 1 aliphatic rings. The van der Waals surface area contributed by atoms with Crippen molar-refractivity contribution in [3.05, 3.63) is 29.3 Å². The molecule has 1 unspecified atom stereocenters. The van der Waals surface area contributed by atoms with Crippen molar-refractivity contribution in [2.45, 2.75) is 66.1 Å². The van der Waals surface area contributed by atoms with Crippen molar-refractivity contribution in [2.75, 3.05) is 11.4 Å². The molecule has 2 nitrogen and oxygen atoms in total. The van der Waals surface area contributed by atoms with Crippen LogP contribution in [0.15, 0.2) is 18.2 Å². The molecule has 2 rings (SSSR count). The molecule has 1 fully saturated rings. The van der Waals surface area contributed by atoms with E-state index >= 15 is 0 Å². The van der Waals surface area contributed by atoms with Crippen LogP contribution >= 0.6 is 0 Å². The second kappa shape index (κ2) is 6.62. The van der Waals surface area contributed by atoms with Gasteiger partial charge in [0, 0.05) is 30.9 Å². The third kappa shape index (κ3) is 3.54. The summed E-state index contributed by atoms with van der Waals surface area (Å²) in [6.07, 6.45) is 2.66. The highest BCUT2D eigenvalue weighted by Gasteiger charge is 2.28. The Balaban J connectivity index is 2.25. The van der Waals surface area contributed by atoms with E-state index in [4.69, 9.17) is 0 Å². The third-order valence-electron chi connectivity index (χ3n) is 4.31. The van der Waals surface area contributed by atoms with Crippen LogP contribution in [0.2, 0.25) is 0 Å². The van der Waals surface area contributed by atoms with Crippen LogP contribution in [0.1, 0.15) is 51.7 Å². The Morgan fingerprint density at radius 1 is 1.25 bits per heavy atom. The van der Waals surface area contributed by atoms with Crippen molar-refractivity contribution in [2.24, 2.45) is 5.92 Å². The summed E-state index contributed by atoms with van der Waals surface area (Å²) in [6, 6.07) is 8.16. The smallest absolute Gasteiger partial charge is 0.0414 e. The Labute approximate surface area is 124 Å². The summed E-state index contributed by atoms with van der Waals surface area (Å²) in [6.45, 7) is 13.5. The standard InChI is InChI=1S/C18H30N2/c1-13(2)17-7-6-10-20(17)18-9-8-15(5)11-16(18)12-19-14(3)4/h8-9,11,13-14,17,19H,6-7,10,12H2,1-5H3. The van der Waals surface area contributed by atoms with Gasteiger partial charge in [-0.3, -0.25) is 0 Å². The van der Waals surface area contributed by atoms with Gasteiger partial charge in [-0.2, -0.15) is 0 Å². The summed E-state index contributed by atoms with van der Waals surface area (Å²) in [4.78, 5) is 2.64. The van der Waals surface area contributed by atoms with E-state index in [1.54, 1.807) is 0 Å². The average molecular weight is 274 g/mol. The van der Waals surface area contributed by atoms with Gasteiger partial charge in [-0.1, -0.05) is 45.4 Å². The normalized spacial score (nSPS) is 19.4. The molecule has 2 heteroatoms. The Morgan fingerprint density at radius 3 is 2.65 bits per heavy atom. The van der Waals surface area contributed by atoms with Gasteiger partial charge in [0.1, 0.15) is 0 Å². The molecule has 0 spiro atoms. The molecule has 0 aromatic heterocycles. The summed E-state index contributed by atoms with van der Waals surface area (Å²) < 4.78 is 0. The lowest BCUT2D eigenvalue weighted by Gasteiger charge is -2.32. The fraction of sp³-hybridized carbons (Fsp3) is 0.667. The molecule has 0 radical (unpaired) electrons. The van der Waals surface area contributed by atoms with Crippen molar-refractivity contribution in [1.82, 2.24) is 5.32 Å². The molecule has 1 N–H and O–H groups in total. The Morgan fingerprint density at radius 2 is 2.00 bits per heavy atom. The van der Waals surface area contributed by atoms with Gasteiger partial charge in [-0.15, -0.1) is 0 Å². The van der Waals surface area contributed by atoms with Gasteiger partial charge in [0.15, 0.2) is 0 Å². The summed E-state index contributed by atoms with van der Waals surface area (Å²) in [5, 5.41) is 3.57. The van der Waals surface area contributed by atoms with Crippen molar-refractivity contribution in [1.29, 1.82) is 0 Å². The summed E-state index contributed by atoms with van der Waals surface area (Å²) in [5.41, 5.74) is 4.25. The van der Waals surface area contributed by atoms with Crippen LogP contribution in [0.25, 0.3) is 0 Å². The lowest BCUT2D eigenvalue weighted by Crippen LogP contribution is -2.34. The maximum atomic E-state index is 3.57. The van der Waals surface area contributed by atoms with Gasteiger partial charge >= 0.3 is 0 Å². The monoisotopic (exact) mass is 274 g/mol. The molecule has 1 aromatic rings. The van der Waals surface area contributed by atoms with E-state index in [0.717, 1.165) is 12.5 Å². The maximum Gasteiger partial charge on any atom is 0.0414 e. The van der Waals surface area contributed by atoms with E-state index < -0.39 is 0 Å². The Hall–Kier alpha value is -1.02. The number of rotatable bonds is 5. The highest BCUT2D eigenvalue weighted by Crippen LogP contribution is 2.32. The van der Waals surface area contributed by atoms with E-state index in [2.05, 4.69) is 63.0 Å². The van der Waals surface area contributed by atoms with Gasteiger partial charge in [-0.05, 0) is 37.3 Å². The van der Waals surface area contributed by atoms with E-state index in [9.17, 15) is 0 Å². The van der Waals surface area contributed by atoms with Crippen molar-refractivity contribution >= 4 is 5.69 Å². The molecule has 0 amide bonds. The molecule has 1 aromatic carbocycles. The lowest BCUT2D eigenvalue weighted by atomic mass is 10.00. The first-order chi connectivity index (χ1) is 9.49. The number of aryl methyl sites for hydroxylation is 1. The minimum Gasteiger partial charge on any atom is -0.368 e. The molecular formula is C18H30N2. The largest absolute Gasteiger partial charge is 0.368 e. The van der Waals surface area contributed by atoms with Crippen molar-refractivity contribution in [3.63, 3.8) is 0 Å². The van der Waals surface area contributed by atoms with E-state index in [-0.39, 0.29) is 0 Å². The SMILES string of the molecule is Cc1ccc(N2CCCC2C(C)C)c(CNC(C)C)c1. The number of nitrogens with zero attached hydrogens (tertiary/aromatic N) is 1. The molecule has 1 atom stereocenters. The van der Waals surface area contributed by atoms with Gasteiger partial charge in [0.25, 0.3) is 0 Å². The van der Waals surface area contributed by atoms with Crippen LogP contribution in [0.3, 0.4) is 0 Å². The van der Waals surface area contributed by atoms with Crippen molar-refractivity contribution in [3.8, 4) is 0 Å². The van der Waals surface area contributed by atoms with Crippen LogP contribution in [-0.2, 0) is 6.54 Å². The minimum absolute atomic E-state index is 0.530. The van der Waals surface area contributed by atoms with Crippen LogP contribution in [0.5, 0.6) is 0 Å². The van der Waals surface area contributed by atoms with Crippen molar-refractivity contribution < 1.29 is 0 Å². The number of hydrogen-bond acceptors (Lipinski definition) is 2. The first kappa shape index (κ1) is 15.4. The molecule has 1 aliphatic heterocycles. The third-order valence-corrected chi connectivity index (χ3v) is 4.31. The number of hydrogen-bond donors (Lipinski definition) is 1. The first-order valence-corrected chi connectivity index (χ1v) is 8.08. The van der Waals surface area contributed by atoms with Crippen LogP contribution < -0.4 is 10.2 Å². The second-order valence-corrected chi connectivity index (χ2v) is 6.81. The zero-order valence-corrected chi connectivity index (χ0v) is 13.7. The fourth-order valence-corrected chi connectivity index (χ4v) is 3.23. The quantitative estimate of drug-likeness (QED) is 0.869. The van der Waals surface area contributed by atoms with Crippen LogP contribution in [-0.4, -0.2) is 18.6 Å². The summed E-state index contributed by atoms with van der Waals surface area (Å²) >= 11 is 0. The lowest BCUT2D eigenvalue weighted by molar-refractivity contribution is 0.490. The van der Waals surface area contributed by atoms with E-state index in [1.807, 2.05) is 0 Å². The average Bonchev–Trinajstić information content (AvgIpc) is 2.85. The summed E-state index contributed by atoms with van der Waals surface area (Å²) in [7, 11) is 0. The molecule has 112 valence electrons. The molecule has 20 heavy (non-hydrogen) atoms. The Kier molecular flexibility index (Phi) is 5.09. The topological polar surface area (TPSA) is 15.3 Å². The summed E-state index contributed by atoms with van der Waals surface area (Å²) in [5.74, 6) is 0.727. The highest BCUT2D eigenvalue weighted by atomic mass is 15.2. The second-order valence-electron chi connectivity index (χ2n) is 6.81. The predicted molar refractivity (Wildman–Crippen MR) is 88.4 cm³/mol. The molecule has 0 bridgehead atoms. The Bertz CT molecular complexity index is 437. The van der Waals surface area contributed by atoms with E-state index in [1.165, 1.54) is 36.2 Å². The number of benzene rings is 1. The van der Waals surface area contributed by atoms with Gasteiger partial charge in [-0.25, -0.2) is 0 Å². The molecule has 1 heterocycles. The maximum absolute atomic E-state index is 3.57. The predicted octanol–water partition coefficient (Wildman–Crippen LogP) is 4.12. The van der Waals surface area contributed by atoms with E-state index in [0.29, 0.717) is 12.1 Å². The molecule has 0 aliphatic carbocycles. The molecular weight excluding hydrogens is 244 g/mol. The fourth-order valence-electron chi connectivity index (χ4n) is 3.23.